The van der Waals surface area contributed by atoms with Crippen LogP contribution in [0.4, 0.5) is 5.69 Å². The SMILES string of the molecule is N#C/C=C/c1ccc(OCc2ccc([N+](=O)[O-])cc2)c(Br)c1. The minimum atomic E-state index is -0.436. The van der Waals surface area contributed by atoms with E-state index < -0.39 is 4.92 Å². The molecule has 0 amide bonds. The smallest absolute Gasteiger partial charge is 0.269 e. The summed E-state index contributed by atoms with van der Waals surface area (Å²) >= 11 is 3.41. The van der Waals surface area contributed by atoms with Crippen LogP contribution >= 0.6 is 15.9 Å². The zero-order valence-electron chi connectivity index (χ0n) is 11.4. The summed E-state index contributed by atoms with van der Waals surface area (Å²) in [5, 5.41) is 19.1. The molecular weight excluding hydrogens is 348 g/mol. The number of hydrogen-bond acceptors (Lipinski definition) is 4. The van der Waals surface area contributed by atoms with E-state index in [4.69, 9.17) is 10.00 Å². The van der Waals surface area contributed by atoms with Gasteiger partial charge in [-0.3, -0.25) is 10.1 Å². The number of nitro benzene ring substituents is 1. The van der Waals surface area contributed by atoms with Crippen LogP contribution in [0.25, 0.3) is 6.08 Å². The summed E-state index contributed by atoms with van der Waals surface area (Å²) in [7, 11) is 0. The highest BCUT2D eigenvalue weighted by molar-refractivity contribution is 9.10. The summed E-state index contributed by atoms with van der Waals surface area (Å²) in [4.78, 5) is 10.1. The van der Waals surface area contributed by atoms with Gasteiger partial charge in [-0.1, -0.05) is 6.07 Å². The average Bonchev–Trinajstić information content (AvgIpc) is 2.52. The van der Waals surface area contributed by atoms with Crippen molar-refractivity contribution in [3.05, 3.63) is 74.3 Å². The third-order valence-corrected chi connectivity index (χ3v) is 3.47. The number of nitriles is 1. The Kier molecular flexibility index (Phi) is 5.28. The summed E-state index contributed by atoms with van der Waals surface area (Å²) in [6.45, 7) is 0.309. The predicted octanol–water partition coefficient (Wildman–Crippen LogP) is 4.47. The number of benzene rings is 2. The molecule has 6 heteroatoms. The first kappa shape index (κ1) is 15.7. The maximum absolute atomic E-state index is 10.6. The van der Waals surface area contributed by atoms with E-state index in [9.17, 15) is 10.1 Å². The maximum atomic E-state index is 10.6. The Morgan fingerprint density at radius 1 is 1.27 bits per heavy atom. The minimum Gasteiger partial charge on any atom is -0.488 e. The van der Waals surface area contributed by atoms with Crippen molar-refractivity contribution < 1.29 is 9.66 Å². The van der Waals surface area contributed by atoms with E-state index in [1.807, 2.05) is 18.2 Å². The maximum Gasteiger partial charge on any atom is 0.269 e. The Balaban J connectivity index is 2.03. The van der Waals surface area contributed by atoms with Crippen molar-refractivity contribution in [2.24, 2.45) is 0 Å². The fourth-order valence-corrected chi connectivity index (χ4v) is 2.26. The normalized spacial score (nSPS) is 10.4. The van der Waals surface area contributed by atoms with E-state index >= 15 is 0 Å². The molecule has 0 heterocycles. The monoisotopic (exact) mass is 358 g/mol. The van der Waals surface area contributed by atoms with Gasteiger partial charge in [0.15, 0.2) is 0 Å². The highest BCUT2D eigenvalue weighted by atomic mass is 79.9. The Hall–Kier alpha value is -2.65. The Bertz CT molecular complexity index is 749. The molecule has 0 unspecified atom stereocenters. The molecule has 0 spiro atoms. The van der Waals surface area contributed by atoms with Gasteiger partial charge in [-0.05, 0) is 57.4 Å². The van der Waals surface area contributed by atoms with E-state index in [0.29, 0.717) is 12.4 Å². The molecule has 22 heavy (non-hydrogen) atoms. The van der Waals surface area contributed by atoms with Crippen LogP contribution in [0.15, 0.2) is 53.0 Å². The summed E-state index contributed by atoms with van der Waals surface area (Å²) in [6, 6.07) is 13.6. The lowest BCUT2D eigenvalue weighted by atomic mass is 10.2. The third-order valence-electron chi connectivity index (χ3n) is 2.85. The Morgan fingerprint density at radius 2 is 2.00 bits per heavy atom. The first-order chi connectivity index (χ1) is 10.6. The number of halogens is 1. The first-order valence-corrected chi connectivity index (χ1v) is 7.11. The number of hydrogen-bond donors (Lipinski definition) is 0. The number of rotatable bonds is 5. The van der Waals surface area contributed by atoms with E-state index in [1.54, 1.807) is 24.3 Å². The molecule has 0 aliphatic rings. The second-order valence-electron chi connectivity index (χ2n) is 4.36. The third kappa shape index (κ3) is 4.17. The highest BCUT2D eigenvalue weighted by Crippen LogP contribution is 2.27. The molecule has 0 saturated heterocycles. The molecule has 2 rings (SSSR count). The van der Waals surface area contributed by atoms with Crippen LogP contribution in [0.2, 0.25) is 0 Å². The summed E-state index contributed by atoms with van der Waals surface area (Å²) in [5.74, 6) is 0.660. The van der Waals surface area contributed by atoms with Crippen molar-refractivity contribution in [3.63, 3.8) is 0 Å². The lowest BCUT2D eigenvalue weighted by molar-refractivity contribution is -0.384. The zero-order valence-corrected chi connectivity index (χ0v) is 13.0. The van der Waals surface area contributed by atoms with Gasteiger partial charge in [0.2, 0.25) is 0 Å². The standard InChI is InChI=1S/C16H11BrN2O3/c17-15-10-12(2-1-9-18)5-8-16(15)22-11-13-3-6-14(7-4-13)19(20)21/h1-8,10H,11H2/b2-1+. The molecule has 2 aromatic carbocycles. The fraction of sp³-hybridized carbons (Fsp3) is 0.0625. The molecule has 110 valence electrons. The molecule has 0 bridgehead atoms. The van der Waals surface area contributed by atoms with Gasteiger partial charge < -0.3 is 4.74 Å². The Labute approximate surface area is 135 Å². The van der Waals surface area contributed by atoms with Crippen LogP contribution in [0, 0.1) is 21.4 Å². The van der Waals surface area contributed by atoms with Crippen molar-refractivity contribution in [3.8, 4) is 11.8 Å². The first-order valence-electron chi connectivity index (χ1n) is 6.32. The Morgan fingerprint density at radius 3 is 2.59 bits per heavy atom. The molecule has 0 aromatic heterocycles. The molecule has 5 nitrogen and oxygen atoms in total. The quantitative estimate of drug-likeness (QED) is 0.448. The van der Waals surface area contributed by atoms with E-state index in [2.05, 4.69) is 15.9 Å². The number of nitrogens with zero attached hydrogens (tertiary/aromatic N) is 2. The molecule has 0 atom stereocenters. The lowest BCUT2D eigenvalue weighted by Gasteiger charge is -2.09. The number of allylic oxidation sites excluding steroid dienone is 1. The summed E-state index contributed by atoms with van der Waals surface area (Å²) in [6.07, 6.45) is 3.10. The van der Waals surface area contributed by atoms with E-state index in [0.717, 1.165) is 15.6 Å². The molecule has 0 fully saturated rings. The predicted molar refractivity (Wildman–Crippen MR) is 86.2 cm³/mol. The van der Waals surface area contributed by atoms with Crippen LogP contribution in [0.5, 0.6) is 5.75 Å². The number of non-ortho nitro benzene ring substituents is 1. The van der Waals surface area contributed by atoms with Gasteiger partial charge in [0.25, 0.3) is 5.69 Å². The van der Waals surface area contributed by atoms with Gasteiger partial charge in [0.1, 0.15) is 12.4 Å². The summed E-state index contributed by atoms with van der Waals surface area (Å²) < 4.78 is 6.45. The molecule has 0 aliphatic carbocycles. The van der Waals surface area contributed by atoms with Crippen LogP contribution < -0.4 is 4.74 Å². The van der Waals surface area contributed by atoms with E-state index in [-0.39, 0.29) is 5.69 Å². The van der Waals surface area contributed by atoms with Crippen molar-refractivity contribution in [2.75, 3.05) is 0 Å². The molecule has 2 aromatic rings. The van der Waals surface area contributed by atoms with Crippen LogP contribution in [0.1, 0.15) is 11.1 Å². The molecular formula is C16H11BrN2O3. The van der Waals surface area contributed by atoms with Crippen molar-refractivity contribution >= 4 is 27.7 Å². The lowest BCUT2D eigenvalue weighted by Crippen LogP contribution is -1.97. The molecule has 0 radical (unpaired) electrons. The second-order valence-corrected chi connectivity index (χ2v) is 5.22. The largest absolute Gasteiger partial charge is 0.488 e. The van der Waals surface area contributed by atoms with Crippen molar-refractivity contribution in [1.29, 1.82) is 5.26 Å². The van der Waals surface area contributed by atoms with Gasteiger partial charge in [0, 0.05) is 18.2 Å². The van der Waals surface area contributed by atoms with Crippen LogP contribution in [-0.4, -0.2) is 4.92 Å². The number of ether oxygens (including phenoxy) is 1. The molecule has 0 aliphatic heterocycles. The van der Waals surface area contributed by atoms with Gasteiger partial charge >= 0.3 is 0 Å². The number of nitro groups is 1. The van der Waals surface area contributed by atoms with Gasteiger partial charge in [-0.25, -0.2) is 0 Å². The highest BCUT2D eigenvalue weighted by Gasteiger charge is 2.06. The van der Waals surface area contributed by atoms with Gasteiger partial charge in [-0.15, -0.1) is 0 Å². The fourth-order valence-electron chi connectivity index (χ4n) is 1.75. The topological polar surface area (TPSA) is 76.2 Å². The second kappa shape index (κ2) is 7.38. The van der Waals surface area contributed by atoms with Crippen LogP contribution in [0.3, 0.4) is 0 Å². The van der Waals surface area contributed by atoms with Gasteiger partial charge in [0.05, 0.1) is 15.5 Å². The summed E-state index contributed by atoms with van der Waals surface area (Å²) in [5.41, 5.74) is 1.78. The van der Waals surface area contributed by atoms with E-state index in [1.165, 1.54) is 18.2 Å². The average molecular weight is 359 g/mol. The molecule has 0 N–H and O–H groups in total. The van der Waals surface area contributed by atoms with Gasteiger partial charge in [-0.2, -0.15) is 5.26 Å². The van der Waals surface area contributed by atoms with Crippen LogP contribution in [-0.2, 0) is 6.61 Å². The zero-order chi connectivity index (χ0) is 15.9. The van der Waals surface area contributed by atoms with Crippen molar-refractivity contribution in [1.82, 2.24) is 0 Å². The minimum absolute atomic E-state index is 0.0542. The molecule has 0 saturated carbocycles. The van der Waals surface area contributed by atoms with Crippen molar-refractivity contribution in [2.45, 2.75) is 6.61 Å².